The van der Waals surface area contributed by atoms with Crippen molar-refractivity contribution in [1.82, 2.24) is 4.90 Å². The maximum absolute atomic E-state index is 13.2. The number of carbonyl (C=O) groups is 1. The smallest absolute Gasteiger partial charge is 0.419 e. The van der Waals surface area contributed by atoms with Crippen molar-refractivity contribution in [1.29, 1.82) is 0 Å². The number of fused-ring (bicyclic) bond motifs is 1. The van der Waals surface area contributed by atoms with Gasteiger partial charge in [0.2, 0.25) is 0 Å². The molecule has 1 amide bonds. The number of likely N-dealkylation sites (N-methyl/N-ethyl adjacent to an activating group) is 1. The van der Waals surface area contributed by atoms with Gasteiger partial charge in [0.15, 0.2) is 0 Å². The van der Waals surface area contributed by atoms with E-state index in [9.17, 15) is 18.0 Å². The number of amides is 1. The molecule has 1 aliphatic rings. The van der Waals surface area contributed by atoms with Crippen LogP contribution in [-0.4, -0.2) is 31.5 Å². The quantitative estimate of drug-likeness (QED) is 0.897. The van der Waals surface area contributed by atoms with E-state index in [-0.39, 0.29) is 11.3 Å². The lowest BCUT2D eigenvalue weighted by Crippen LogP contribution is -2.27. The third-order valence-corrected chi connectivity index (χ3v) is 4.47. The summed E-state index contributed by atoms with van der Waals surface area (Å²) in [4.78, 5) is 14.7. The molecule has 0 fully saturated rings. The van der Waals surface area contributed by atoms with Gasteiger partial charge in [0, 0.05) is 24.3 Å². The number of anilines is 1. The fourth-order valence-corrected chi connectivity index (χ4v) is 3.13. The molecule has 0 saturated heterocycles. The highest BCUT2D eigenvalue weighted by molar-refractivity contribution is 6.05. The van der Waals surface area contributed by atoms with Gasteiger partial charge in [-0.1, -0.05) is 12.1 Å². The Kier molecular flexibility index (Phi) is 4.91. The Morgan fingerprint density at radius 1 is 1.23 bits per heavy atom. The van der Waals surface area contributed by atoms with E-state index < -0.39 is 17.6 Å². The normalized spacial score (nSPS) is 14.7. The molecule has 7 heteroatoms. The number of nitrogens with zero attached hydrogens (tertiary/aromatic N) is 1. The Labute approximate surface area is 149 Å². The monoisotopic (exact) mass is 364 g/mol. The predicted molar refractivity (Wildman–Crippen MR) is 92.4 cm³/mol. The second-order valence-corrected chi connectivity index (χ2v) is 6.30. The van der Waals surface area contributed by atoms with E-state index in [4.69, 9.17) is 4.74 Å². The summed E-state index contributed by atoms with van der Waals surface area (Å²) < 4.78 is 44.2. The van der Waals surface area contributed by atoms with E-state index in [2.05, 4.69) is 10.2 Å². The van der Waals surface area contributed by atoms with Gasteiger partial charge >= 0.3 is 6.18 Å². The van der Waals surface area contributed by atoms with Crippen LogP contribution in [0.15, 0.2) is 36.4 Å². The van der Waals surface area contributed by atoms with Crippen molar-refractivity contribution < 1.29 is 22.7 Å². The predicted octanol–water partition coefficient (Wildman–Crippen LogP) is 3.95. The average molecular weight is 364 g/mol. The fraction of sp³-hybridized carbons (Fsp3) is 0.316. The van der Waals surface area contributed by atoms with Gasteiger partial charge in [-0.25, -0.2) is 0 Å². The topological polar surface area (TPSA) is 41.6 Å². The summed E-state index contributed by atoms with van der Waals surface area (Å²) in [5.41, 5.74) is 1.75. The lowest BCUT2D eigenvalue weighted by molar-refractivity contribution is -0.138. The van der Waals surface area contributed by atoms with Crippen molar-refractivity contribution in [3.8, 4) is 5.75 Å². The molecule has 2 aromatic carbocycles. The first-order valence-corrected chi connectivity index (χ1v) is 8.15. The number of alkyl halides is 3. The maximum atomic E-state index is 13.2. The first-order chi connectivity index (χ1) is 12.3. The van der Waals surface area contributed by atoms with Crippen LogP contribution in [0.5, 0.6) is 5.75 Å². The van der Waals surface area contributed by atoms with Crippen LogP contribution in [0, 0.1) is 0 Å². The van der Waals surface area contributed by atoms with Crippen LogP contribution in [0.25, 0.3) is 0 Å². The molecule has 0 aliphatic carbocycles. The Balaban J connectivity index is 1.89. The van der Waals surface area contributed by atoms with Crippen LogP contribution in [0.2, 0.25) is 0 Å². The van der Waals surface area contributed by atoms with E-state index in [1.807, 2.05) is 19.2 Å². The number of hydrogen-bond donors (Lipinski definition) is 1. The molecular weight excluding hydrogens is 345 g/mol. The summed E-state index contributed by atoms with van der Waals surface area (Å²) >= 11 is 0. The van der Waals surface area contributed by atoms with E-state index in [1.165, 1.54) is 6.07 Å². The molecule has 4 nitrogen and oxygen atoms in total. The van der Waals surface area contributed by atoms with E-state index in [0.717, 1.165) is 49.9 Å². The van der Waals surface area contributed by atoms with E-state index in [0.29, 0.717) is 5.69 Å². The van der Waals surface area contributed by atoms with Gasteiger partial charge in [-0.05, 0) is 48.9 Å². The van der Waals surface area contributed by atoms with E-state index >= 15 is 0 Å². The van der Waals surface area contributed by atoms with Crippen LogP contribution >= 0.6 is 0 Å². The van der Waals surface area contributed by atoms with Crippen LogP contribution in [-0.2, 0) is 19.1 Å². The zero-order valence-electron chi connectivity index (χ0n) is 14.5. The number of benzene rings is 2. The van der Waals surface area contributed by atoms with Crippen molar-refractivity contribution in [2.24, 2.45) is 0 Å². The molecule has 1 N–H and O–H groups in total. The fourth-order valence-electron chi connectivity index (χ4n) is 3.13. The number of rotatable bonds is 3. The van der Waals surface area contributed by atoms with Gasteiger partial charge in [-0.2, -0.15) is 13.2 Å². The highest BCUT2D eigenvalue weighted by Gasteiger charge is 2.35. The molecule has 0 bridgehead atoms. The zero-order valence-corrected chi connectivity index (χ0v) is 14.5. The van der Waals surface area contributed by atoms with Crippen LogP contribution < -0.4 is 10.1 Å². The molecule has 2 aromatic rings. The van der Waals surface area contributed by atoms with E-state index in [1.54, 1.807) is 6.07 Å². The summed E-state index contributed by atoms with van der Waals surface area (Å²) in [5, 5.41) is 2.75. The number of ether oxygens (including phenoxy) is 1. The lowest BCUT2D eigenvalue weighted by Gasteiger charge is -2.26. The van der Waals surface area contributed by atoms with Gasteiger partial charge < -0.3 is 15.0 Å². The molecule has 26 heavy (non-hydrogen) atoms. The number of nitrogens with one attached hydrogen (secondary N) is 1. The summed E-state index contributed by atoms with van der Waals surface area (Å²) in [5.74, 6) is -0.889. The molecule has 1 aliphatic heterocycles. The summed E-state index contributed by atoms with van der Waals surface area (Å²) in [6.07, 6.45) is -3.82. The third kappa shape index (κ3) is 3.67. The van der Waals surface area contributed by atoms with Gasteiger partial charge in [-0.15, -0.1) is 0 Å². The van der Waals surface area contributed by atoms with Gasteiger partial charge in [0.25, 0.3) is 5.91 Å². The second kappa shape index (κ2) is 6.99. The SMILES string of the molecule is COc1ccc(C(=O)Nc2cccc3c2CCN(C)C3)cc1C(F)(F)F. The lowest BCUT2D eigenvalue weighted by atomic mass is 9.98. The van der Waals surface area contributed by atoms with Crippen molar-refractivity contribution in [2.45, 2.75) is 19.1 Å². The van der Waals surface area contributed by atoms with Gasteiger partial charge in [-0.3, -0.25) is 4.79 Å². The Morgan fingerprint density at radius 3 is 2.69 bits per heavy atom. The minimum absolute atomic E-state index is 0.0661. The van der Waals surface area contributed by atoms with Crippen LogP contribution in [0.4, 0.5) is 18.9 Å². The first-order valence-electron chi connectivity index (χ1n) is 8.15. The van der Waals surface area contributed by atoms with Crippen molar-refractivity contribution in [3.63, 3.8) is 0 Å². The second-order valence-electron chi connectivity index (χ2n) is 6.30. The van der Waals surface area contributed by atoms with Crippen LogP contribution in [0.3, 0.4) is 0 Å². The minimum Gasteiger partial charge on any atom is -0.496 e. The average Bonchev–Trinajstić information content (AvgIpc) is 2.60. The third-order valence-electron chi connectivity index (χ3n) is 4.47. The standard InChI is InChI=1S/C19H19F3N2O2/c1-24-9-8-14-13(11-24)4-3-5-16(14)23-18(25)12-6-7-17(26-2)15(10-12)19(20,21)22/h3-7,10H,8-9,11H2,1-2H3,(H,23,25). The van der Waals surface area contributed by atoms with Crippen molar-refractivity contribution >= 4 is 11.6 Å². The largest absolute Gasteiger partial charge is 0.496 e. The molecular formula is C19H19F3N2O2. The molecule has 0 radical (unpaired) electrons. The highest BCUT2D eigenvalue weighted by Crippen LogP contribution is 2.37. The Morgan fingerprint density at radius 2 is 2.00 bits per heavy atom. The summed E-state index contributed by atoms with van der Waals surface area (Å²) in [6, 6.07) is 8.91. The van der Waals surface area contributed by atoms with Gasteiger partial charge in [0.05, 0.1) is 12.7 Å². The summed E-state index contributed by atoms with van der Waals surface area (Å²) in [7, 11) is 3.18. The molecule has 0 saturated carbocycles. The molecule has 3 rings (SSSR count). The molecule has 0 atom stereocenters. The summed E-state index contributed by atoms with van der Waals surface area (Å²) in [6.45, 7) is 1.64. The van der Waals surface area contributed by atoms with Gasteiger partial charge in [0.1, 0.15) is 5.75 Å². The molecule has 0 unspecified atom stereocenters. The molecule has 1 heterocycles. The Hall–Kier alpha value is -2.54. The maximum Gasteiger partial charge on any atom is 0.419 e. The minimum atomic E-state index is -4.60. The highest BCUT2D eigenvalue weighted by atomic mass is 19.4. The zero-order chi connectivity index (χ0) is 18.9. The number of hydrogen-bond acceptors (Lipinski definition) is 3. The van der Waals surface area contributed by atoms with Crippen LogP contribution in [0.1, 0.15) is 27.0 Å². The Bertz CT molecular complexity index is 834. The van der Waals surface area contributed by atoms with Crippen molar-refractivity contribution in [2.75, 3.05) is 26.0 Å². The van der Waals surface area contributed by atoms with Crippen molar-refractivity contribution in [3.05, 3.63) is 58.7 Å². The molecule has 0 aromatic heterocycles. The molecule has 138 valence electrons. The number of methoxy groups -OCH3 is 1. The first kappa shape index (κ1) is 18.3. The molecule has 0 spiro atoms. The number of halogens is 3. The number of carbonyl (C=O) groups excluding carboxylic acids is 1.